The smallest absolute Gasteiger partial charge is 0.337 e. The number of fused-ring (bicyclic) bond motifs is 1. The van der Waals surface area contributed by atoms with Crippen molar-refractivity contribution < 1.29 is 27.9 Å². The van der Waals surface area contributed by atoms with Gasteiger partial charge in [0.05, 0.1) is 29.2 Å². The number of carboxylic acids is 1. The molecule has 11 heteroatoms. The molecule has 184 valence electrons. The normalized spacial score (nSPS) is 14.9. The summed E-state index contributed by atoms with van der Waals surface area (Å²) < 4.78 is 22.8. The average Bonchev–Trinajstić information content (AvgIpc) is 3.43. The number of likely N-dealkylation sites (tertiary alicyclic amines) is 1. The standard InChI is InChI=1S/C25H22N4O4.O2S/c1-14-3-5-17(13-26-14)33-23-10-16-9-21(19-6-4-15(12-27-19)25(31)32)28-20(16)11-18(23)22-7-8-24(30)29(22)2;1-3-2/h3-6,9-13,22,28H,7-8H2,1-2H3,(H,31,32);. The Kier molecular flexibility index (Phi) is 7.20. The van der Waals surface area contributed by atoms with E-state index in [1.165, 1.54) is 12.3 Å². The van der Waals surface area contributed by atoms with Crippen LogP contribution in [0.2, 0.25) is 0 Å². The fourth-order valence-corrected chi connectivity index (χ4v) is 4.15. The molecule has 0 saturated carbocycles. The molecule has 0 bridgehead atoms. The van der Waals surface area contributed by atoms with Crippen LogP contribution in [0, 0.1) is 6.92 Å². The third-order valence-electron chi connectivity index (χ3n) is 6.00. The van der Waals surface area contributed by atoms with Crippen LogP contribution in [0.3, 0.4) is 0 Å². The molecule has 4 aromatic rings. The Morgan fingerprint density at radius 1 is 1.14 bits per heavy atom. The van der Waals surface area contributed by atoms with E-state index in [4.69, 9.17) is 18.3 Å². The number of nitrogens with one attached hydrogen (secondary N) is 1. The second-order valence-electron chi connectivity index (χ2n) is 8.26. The number of pyridine rings is 2. The number of aromatic amines is 1. The Bertz CT molecular complexity index is 1460. The number of H-pyrrole nitrogens is 1. The summed E-state index contributed by atoms with van der Waals surface area (Å²) >= 11 is -0.750. The molecule has 1 fully saturated rings. The van der Waals surface area contributed by atoms with Gasteiger partial charge in [-0.15, -0.1) is 0 Å². The average molecular weight is 507 g/mol. The molecule has 36 heavy (non-hydrogen) atoms. The van der Waals surface area contributed by atoms with E-state index >= 15 is 0 Å². The molecule has 0 radical (unpaired) electrons. The van der Waals surface area contributed by atoms with Gasteiger partial charge < -0.3 is 19.7 Å². The summed E-state index contributed by atoms with van der Waals surface area (Å²) in [7, 11) is 1.81. The van der Waals surface area contributed by atoms with E-state index in [1.54, 1.807) is 17.2 Å². The largest absolute Gasteiger partial charge is 0.478 e. The van der Waals surface area contributed by atoms with Crippen LogP contribution in [0.4, 0.5) is 0 Å². The van der Waals surface area contributed by atoms with Crippen LogP contribution >= 0.6 is 0 Å². The van der Waals surface area contributed by atoms with Crippen LogP contribution in [0.15, 0.2) is 54.9 Å². The van der Waals surface area contributed by atoms with Crippen molar-refractivity contribution in [3.63, 3.8) is 0 Å². The number of aromatic carboxylic acids is 1. The van der Waals surface area contributed by atoms with Crippen LogP contribution < -0.4 is 4.74 Å². The van der Waals surface area contributed by atoms with E-state index in [0.717, 1.165) is 34.3 Å². The summed E-state index contributed by atoms with van der Waals surface area (Å²) in [4.78, 5) is 37.0. The van der Waals surface area contributed by atoms with Gasteiger partial charge in [0.2, 0.25) is 5.91 Å². The highest BCUT2D eigenvalue weighted by atomic mass is 32.1. The topological polar surface area (TPSA) is 143 Å². The number of amides is 1. The van der Waals surface area contributed by atoms with Crippen molar-refractivity contribution in [2.24, 2.45) is 0 Å². The minimum Gasteiger partial charge on any atom is -0.478 e. The van der Waals surface area contributed by atoms with Gasteiger partial charge in [-0.2, -0.15) is 8.42 Å². The van der Waals surface area contributed by atoms with Crippen molar-refractivity contribution in [1.29, 1.82) is 0 Å². The first kappa shape index (κ1) is 24.7. The molecule has 2 N–H and O–H groups in total. The van der Waals surface area contributed by atoms with Crippen LogP contribution in [0.25, 0.3) is 22.3 Å². The molecule has 5 rings (SSSR count). The van der Waals surface area contributed by atoms with Gasteiger partial charge in [-0.05, 0) is 55.8 Å². The van der Waals surface area contributed by atoms with Gasteiger partial charge in [-0.1, -0.05) is 0 Å². The number of aromatic nitrogens is 3. The van der Waals surface area contributed by atoms with Crippen molar-refractivity contribution in [3.05, 3.63) is 71.7 Å². The van der Waals surface area contributed by atoms with Crippen molar-refractivity contribution >= 4 is 34.4 Å². The summed E-state index contributed by atoms with van der Waals surface area (Å²) in [6, 6.07) is 12.8. The third-order valence-corrected chi connectivity index (χ3v) is 6.00. The maximum atomic E-state index is 12.2. The van der Waals surface area contributed by atoms with Gasteiger partial charge in [0, 0.05) is 41.8 Å². The lowest BCUT2D eigenvalue weighted by molar-refractivity contribution is -0.127. The first-order valence-electron chi connectivity index (χ1n) is 10.9. The van der Waals surface area contributed by atoms with E-state index < -0.39 is 17.5 Å². The number of hydrogen-bond acceptors (Lipinski definition) is 7. The quantitative estimate of drug-likeness (QED) is 0.413. The summed E-state index contributed by atoms with van der Waals surface area (Å²) in [6.45, 7) is 1.92. The summed E-state index contributed by atoms with van der Waals surface area (Å²) in [6.07, 6.45) is 4.24. The van der Waals surface area contributed by atoms with Crippen LogP contribution in [-0.4, -0.2) is 52.3 Å². The predicted octanol–water partition coefficient (Wildman–Crippen LogP) is 4.05. The molecule has 4 heterocycles. The molecular formula is C25H22N4O6S. The van der Waals surface area contributed by atoms with E-state index in [1.807, 2.05) is 44.3 Å². The molecule has 10 nitrogen and oxygen atoms in total. The monoisotopic (exact) mass is 506 g/mol. The zero-order chi connectivity index (χ0) is 25.8. The number of carbonyl (C=O) groups excluding carboxylic acids is 1. The summed E-state index contributed by atoms with van der Waals surface area (Å²) in [5.41, 5.74) is 4.23. The van der Waals surface area contributed by atoms with Gasteiger partial charge in [0.1, 0.15) is 11.5 Å². The minimum absolute atomic E-state index is 0.0879. The Labute approximate surface area is 209 Å². The van der Waals surface area contributed by atoms with Crippen molar-refractivity contribution in [3.8, 4) is 22.9 Å². The molecule has 1 amide bonds. The minimum atomic E-state index is -1.02. The van der Waals surface area contributed by atoms with E-state index in [-0.39, 0.29) is 17.5 Å². The number of ether oxygens (including phenoxy) is 1. The second kappa shape index (κ2) is 10.5. The van der Waals surface area contributed by atoms with Gasteiger partial charge in [-0.3, -0.25) is 14.8 Å². The lowest BCUT2D eigenvalue weighted by Gasteiger charge is -2.23. The molecule has 1 atom stereocenters. The summed E-state index contributed by atoms with van der Waals surface area (Å²) in [5, 5.41) is 10.0. The Morgan fingerprint density at radius 3 is 2.50 bits per heavy atom. The fourth-order valence-electron chi connectivity index (χ4n) is 4.15. The van der Waals surface area contributed by atoms with Crippen LogP contribution in [0.1, 0.15) is 40.5 Å². The summed E-state index contributed by atoms with van der Waals surface area (Å²) in [5.74, 6) is 0.380. The second-order valence-corrected chi connectivity index (χ2v) is 8.40. The van der Waals surface area contributed by atoms with Crippen molar-refractivity contribution in [1.82, 2.24) is 19.9 Å². The zero-order valence-electron chi connectivity index (χ0n) is 19.4. The number of carbonyl (C=O) groups is 2. The predicted molar refractivity (Wildman–Crippen MR) is 131 cm³/mol. The Hall–Kier alpha value is -4.38. The maximum absolute atomic E-state index is 12.2. The molecule has 0 spiro atoms. The van der Waals surface area contributed by atoms with Crippen LogP contribution in [-0.2, 0) is 16.4 Å². The molecule has 1 saturated heterocycles. The molecule has 0 aliphatic carbocycles. The molecule has 1 aliphatic rings. The number of carboxylic acid groups (broad SMARTS) is 1. The number of nitrogens with zero attached hydrogens (tertiary/aromatic N) is 3. The Balaban J connectivity index is 0.000000967. The number of hydrogen-bond donors (Lipinski definition) is 2. The first-order valence-corrected chi connectivity index (χ1v) is 11.6. The SMILES string of the molecule is Cc1ccc(Oc2cc3cc(-c4ccc(C(=O)O)cn4)[nH]c3cc2C2CCC(=O)N2C)cn1.O=S=O. The molecule has 3 aromatic heterocycles. The number of benzene rings is 1. The van der Waals surface area contributed by atoms with Gasteiger partial charge in [0.15, 0.2) is 0 Å². The molecule has 1 aromatic carbocycles. The highest BCUT2D eigenvalue weighted by Crippen LogP contribution is 2.41. The Morgan fingerprint density at radius 2 is 1.92 bits per heavy atom. The van der Waals surface area contributed by atoms with Crippen molar-refractivity contribution in [2.75, 3.05) is 7.05 Å². The number of aryl methyl sites for hydroxylation is 1. The molecular weight excluding hydrogens is 484 g/mol. The highest BCUT2D eigenvalue weighted by Gasteiger charge is 2.31. The maximum Gasteiger partial charge on any atom is 0.337 e. The number of rotatable bonds is 5. The van der Waals surface area contributed by atoms with E-state index in [9.17, 15) is 9.59 Å². The first-order chi connectivity index (χ1) is 17.3. The highest BCUT2D eigenvalue weighted by molar-refractivity contribution is 7.51. The lowest BCUT2D eigenvalue weighted by atomic mass is 10.0. The molecule has 1 unspecified atom stereocenters. The zero-order valence-corrected chi connectivity index (χ0v) is 20.2. The molecule has 1 aliphatic heterocycles. The van der Waals surface area contributed by atoms with Crippen molar-refractivity contribution in [2.45, 2.75) is 25.8 Å². The van der Waals surface area contributed by atoms with Crippen LogP contribution in [0.5, 0.6) is 11.5 Å². The van der Waals surface area contributed by atoms with E-state index in [0.29, 0.717) is 23.6 Å². The lowest BCUT2D eigenvalue weighted by Crippen LogP contribution is -2.22. The van der Waals surface area contributed by atoms with E-state index in [2.05, 4.69) is 15.0 Å². The fraction of sp³-hybridized carbons (Fsp3) is 0.200. The third kappa shape index (κ3) is 5.15. The van der Waals surface area contributed by atoms with Gasteiger partial charge >= 0.3 is 17.5 Å². The van der Waals surface area contributed by atoms with Gasteiger partial charge in [-0.25, -0.2) is 4.79 Å². The van der Waals surface area contributed by atoms with Gasteiger partial charge in [0.25, 0.3) is 0 Å².